The second-order valence-corrected chi connectivity index (χ2v) is 3.43. The molecule has 0 fully saturated rings. The van der Waals surface area contributed by atoms with E-state index in [-0.39, 0.29) is 11.3 Å². The normalized spacial score (nSPS) is 10.7. The molecule has 1 aromatic heterocycles. The zero-order valence-corrected chi connectivity index (χ0v) is 8.09. The van der Waals surface area contributed by atoms with Crippen molar-refractivity contribution in [2.45, 2.75) is 13.8 Å². The number of phenolic OH excluding ortho intramolecular Hbond substituents is 1. The molecule has 0 radical (unpaired) electrons. The Morgan fingerprint density at radius 1 is 1.21 bits per heavy atom. The van der Waals surface area contributed by atoms with Crippen LogP contribution in [0.3, 0.4) is 0 Å². The van der Waals surface area contributed by atoms with Gasteiger partial charge in [-0.15, -0.1) is 0 Å². The molecule has 3 nitrogen and oxygen atoms in total. The molecule has 0 atom stereocenters. The first-order chi connectivity index (χ1) is 6.59. The lowest BCUT2D eigenvalue weighted by Crippen LogP contribution is -2.11. The highest BCUT2D eigenvalue weighted by Gasteiger charge is 2.04. The molecule has 1 heterocycles. The molecule has 0 unspecified atom stereocenters. The molecule has 0 amide bonds. The molecule has 0 spiro atoms. The van der Waals surface area contributed by atoms with Crippen LogP contribution in [-0.2, 0) is 0 Å². The number of rotatable bonds is 0. The molecule has 0 saturated carbocycles. The van der Waals surface area contributed by atoms with Crippen LogP contribution >= 0.6 is 0 Å². The number of hydrogen-bond donors (Lipinski definition) is 2. The quantitative estimate of drug-likeness (QED) is 0.664. The highest BCUT2D eigenvalue weighted by molar-refractivity contribution is 5.83. The second kappa shape index (κ2) is 2.87. The molecule has 0 aliphatic heterocycles. The first-order valence-electron chi connectivity index (χ1n) is 4.42. The Hall–Kier alpha value is -1.77. The Kier molecular flexibility index (Phi) is 1.81. The van der Waals surface area contributed by atoms with E-state index in [1.54, 1.807) is 19.1 Å². The molecule has 0 aliphatic rings. The lowest BCUT2D eigenvalue weighted by molar-refractivity contribution is 0.476. The number of hydrogen-bond acceptors (Lipinski definition) is 2. The second-order valence-electron chi connectivity index (χ2n) is 3.43. The zero-order valence-electron chi connectivity index (χ0n) is 8.09. The number of aryl methyl sites for hydroxylation is 1. The SMILES string of the molecule is Cc1c(C)c2ccc(O)cc2[nH]c1=O. The zero-order chi connectivity index (χ0) is 10.3. The van der Waals surface area contributed by atoms with E-state index in [0.717, 1.165) is 16.5 Å². The molecule has 14 heavy (non-hydrogen) atoms. The van der Waals surface area contributed by atoms with Crippen molar-refractivity contribution >= 4 is 10.9 Å². The summed E-state index contributed by atoms with van der Waals surface area (Å²) in [6.45, 7) is 3.70. The van der Waals surface area contributed by atoms with Crippen LogP contribution in [0.1, 0.15) is 11.1 Å². The Morgan fingerprint density at radius 2 is 1.93 bits per heavy atom. The summed E-state index contributed by atoms with van der Waals surface area (Å²) in [6.07, 6.45) is 0. The number of aromatic hydroxyl groups is 1. The third kappa shape index (κ3) is 1.18. The van der Waals surface area contributed by atoms with Crippen LogP contribution in [-0.4, -0.2) is 10.1 Å². The van der Waals surface area contributed by atoms with E-state index in [9.17, 15) is 9.90 Å². The highest BCUT2D eigenvalue weighted by atomic mass is 16.3. The predicted octanol–water partition coefficient (Wildman–Crippen LogP) is 1.85. The van der Waals surface area contributed by atoms with Crippen molar-refractivity contribution in [3.63, 3.8) is 0 Å². The number of aromatic nitrogens is 1. The summed E-state index contributed by atoms with van der Waals surface area (Å²) in [6, 6.07) is 4.99. The number of pyridine rings is 1. The maximum atomic E-state index is 11.4. The fourth-order valence-electron chi connectivity index (χ4n) is 1.55. The number of fused-ring (bicyclic) bond motifs is 1. The number of aromatic amines is 1. The molecule has 0 saturated heterocycles. The van der Waals surface area contributed by atoms with Crippen LogP contribution in [0.25, 0.3) is 10.9 Å². The lowest BCUT2D eigenvalue weighted by atomic mass is 10.1. The van der Waals surface area contributed by atoms with Crippen molar-refractivity contribution in [3.8, 4) is 5.75 Å². The van der Waals surface area contributed by atoms with Gasteiger partial charge in [0, 0.05) is 17.0 Å². The molecule has 2 N–H and O–H groups in total. The third-order valence-electron chi connectivity index (χ3n) is 2.56. The van der Waals surface area contributed by atoms with Gasteiger partial charge >= 0.3 is 0 Å². The van der Waals surface area contributed by atoms with E-state index in [1.165, 1.54) is 0 Å². The van der Waals surface area contributed by atoms with Gasteiger partial charge < -0.3 is 10.1 Å². The van der Waals surface area contributed by atoms with Gasteiger partial charge in [-0.2, -0.15) is 0 Å². The van der Waals surface area contributed by atoms with Crippen LogP contribution in [0.2, 0.25) is 0 Å². The van der Waals surface area contributed by atoms with Gasteiger partial charge in [0.2, 0.25) is 0 Å². The van der Waals surface area contributed by atoms with E-state index >= 15 is 0 Å². The number of nitrogens with one attached hydrogen (secondary N) is 1. The minimum Gasteiger partial charge on any atom is -0.508 e. The van der Waals surface area contributed by atoms with Crippen molar-refractivity contribution in [2.24, 2.45) is 0 Å². The minimum absolute atomic E-state index is 0.0967. The van der Waals surface area contributed by atoms with Crippen molar-refractivity contribution < 1.29 is 5.11 Å². The molecule has 2 rings (SSSR count). The van der Waals surface area contributed by atoms with Gasteiger partial charge in [-0.25, -0.2) is 0 Å². The predicted molar refractivity (Wildman–Crippen MR) is 55.7 cm³/mol. The van der Waals surface area contributed by atoms with Gasteiger partial charge in [-0.1, -0.05) is 0 Å². The monoisotopic (exact) mass is 189 g/mol. The fourth-order valence-corrected chi connectivity index (χ4v) is 1.55. The number of benzene rings is 1. The Labute approximate surface area is 81.0 Å². The third-order valence-corrected chi connectivity index (χ3v) is 2.56. The first-order valence-corrected chi connectivity index (χ1v) is 4.42. The number of H-pyrrole nitrogens is 1. The summed E-state index contributed by atoms with van der Waals surface area (Å²) in [4.78, 5) is 14.2. The smallest absolute Gasteiger partial charge is 0.251 e. The number of phenols is 1. The van der Waals surface area contributed by atoms with E-state index in [2.05, 4.69) is 4.98 Å². The Balaban J connectivity index is 2.98. The van der Waals surface area contributed by atoms with Crippen LogP contribution in [0.5, 0.6) is 5.75 Å². The topological polar surface area (TPSA) is 53.1 Å². The fraction of sp³-hybridized carbons (Fsp3) is 0.182. The largest absolute Gasteiger partial charge is 0.508 e. The maximum Gasteiger partial charge on any atom is 0.251 e. The van der Waals surface area contributed by atoms with Gasteiger partial charge in [0.05, 0.1) is 5.52 Å². The Bertz CT molecular complexity index is 555. The van der Waals surface area contributed by atoms with E-state index in [4.69, 9.17) is 0 Å². The van der Waals surface area contributed by atoms with E-state index < -0.39 is 0 Å². The summed E-state index contributed by atoms with van der Waals surface area (Å²) in [5, 5.41) is 10.2. The van der Waals surface area contributed by atoms with Crippen LogP contribution in [0, 0.1) is 13.8 Å². The average molecular weight is 189 g/mol. The summed E-state index contributed by atoms with van der Waals surface area (Å²) >= 11 is 0. The van der Waals surface area contributed by atoms with E-state index in [0.29, 0.717) is 5.52 Å². The van der Waals surface area contributed by atoms with Crippen molar-refractivity contribution in [3.05, 3.63) is 39.7 Å². The lowest BCUT2D eigenvalue weighted by Gasteiger charge is -2.04. The summed E-state index contributed by atoms with van der Waals surface area (Å²) in [7, 11) is 0. The van der Waals surface area contributed by atoms with Crippen molar-refractivity contribution in [1.82, 2.24) is 4.98 Å². The van der Waals surface area contributed by atoms with Crippen LogP contribution in [0.15, 0.2) is 23.0 Å². The molecular weight excluding hydrogens is 178 g/mol. The van der Waals surface area contributed by atoms with Gasteiger partial charge in [-0.3, -0.25) is 4.79 Å². The van der Waals surface area contributed by atoms with Gasteiger partial charge in [0.1, 0.15) is 5.75 Å². The summed E-state index contributed by atoms with van der Waals surface area (Å²) in [5.41, 5.74) is 2.27. The summed E-state index contributed by atoms with van der Waals surface area (Å²) in [5.74, 6) is 0.163. The van der Waals surface area contributed by atoms with Crippen molar-refractivity contribution in [2.75, 3.05) is 0 Å². The van der Waals surface area contributed by atoms with Crippen molar-refractivity contribution in [1.29, 1.82) is 0 Å². The molecular formula is C11H11NO2. The van der Waals surface area contributed by atoms with Crippen LogP contribution in [0.4, 0.5) is 0 Å². The van der Waals surface area contributed by atoms with Gasteiger partial charge in [-0.05, 0) is 31.5 Å². The molecule has 72 valence electrons. The highest BCUT2D eigenvalue weighted by Crippen LogP contribution is 2.20. The molecule has 1 aromatic carbocycles. The standard InChI is InChI=1S/C11H11NO2/c1-6-7(2)11(14)12-10-5-8(13)3-4-9(6)10/h3-5,13H,1-2H3,(H,12,14). The molecule has 2 aromatic rings. The van der Waals surface area contributed by atoms with Gasteiger partial charge in [0.15, 0.2) is 0 Å². The maximum absolute atomic E-state index is 11.4. The summed E-state index contributed by atoms with van der Waals surface area (Å²) < 4.78 is 0. The van der Waals surface area contributed by atoms with Gasteiger partial charge in [0.25, 0.3) is 5.56 Å². The molecule has 3 heteroatoms. The Morgan fingerprint density at radius 3 is 2.64 bits per heavy atom. The van der Waals surface area contributed by atoms with Crippen LogP contribution < -0.4 is 5.56 Å². The van der Waals surface area contributed by atoms with E-state index in [1.807, 2.05) is 13.0 Å². The average Bonchev–Trinajstić information content (AvgIpc) is 2.14. The molecule has 0 bridgehead atoms. The first kappa shape index (κ1) is 8.81. The molecule has 0 aliphatic carbocycles. The minimum atomic E-state index is -0.0967.